The molecule has 1 fully saturated rings. The predicted molar refractivity (Wildman–Crippen MR) is 80.1 cm³/mol. The first kappa shape index (κ1) is 14.4. The minimum atomic E-state index is 0.692. The molecule has 1 saturated heterocycles. The van der Waals surface area contributed by atoms with E-state index in [1.54, 1.807) is 7.11 Å². The van der Waals surface area contributed by atoms with Crippen molar-refractivity contribution < 1.29 is 4.74 Å². The van der Waals surface area contributed by atoms with Crippen molar-refractivity contribution in [1.29, 1.82) is 0 Å². The van der Waals surface area contributed by atoms with Crippen molar-refractivity contribution in [2.24, 2.45) is 0 Å². The molecule has 3 nitrogen and oxygen atoms in total. The van der Waals surface area contributed by atoms with Gasteiger partial charge in [-0.3, -0.25) is 0 Å². The summed E-state index contributed by atoms with van der Waals surface area (Å²) in [5.74, 6) is 1.06. The Morgan fingerprint density at radius 3 is 2.79 bits per heavy atom. The van der Waals surface area contributed by atoms with Gasteiger partial charge in [-0.25, -0.2) is 0 Å². The molecule has 1 aliphatic heterocycles. The highest BCUT2D eigenvalue weighted by molar-refractivity contribution is 5.43. The highest BCUT2D eigenvalue weighted by atomic mass is 16.5. The summed E-state index contributed by atoms with van der Waals surface area (Å²) < 4.78 is 5.56. The minimum Gasteiger partial charge on any atom is -0.496 e. The number of likely N-dealkylation sites (N-methyl/N-ethyl adjacent to an activating group) is 1. The van der Waals surface area contributed by atoms with Gasteiger partial charge in [-0.15, -0.1) is 0 Å². The SMILES string of the molecule is COc1c(C)cc(C)cc1CCN(C)C1CCNC1. The van der Waals surface area contributed by atoms with Gasteiger partial charge in [0.05, 0.1) is 7.11 Å². The summed E-state index contributed by atoms with van der Waals surface area (Å²) in [5.41, 5.74) is 3.89. The number of hydrogen-bond donors (Lipinski definition) is 1. The van der Waals surface area contributed by atoms with Crippen molar-refractivity contribution in [3.05, 3.63) is 28.8 Å². The van der Waals surface area contributed by atoms with E-state index in [9.17, 15) is 0 Å². The molecule has 0 radical (unpaired) electrons. The van der Waals surface area contributed by atoms with Gasteiger partial charge in [0.2, 0.25) is 0 Å². The van der Waals surface area contributed by atoms with Gasteiger partial charge in [0.15, 0.2) is 0 Å². The lowest BCUT2D eigenvalue weighted by molar-refractivity contribution is 0.259. The Labute approximate surface area is 116 Å². The Morgan fingerprint density at radius 1 is 1.37 bits per heavy atom. The third-order valence-corrected chi connectivity index (χ3v) is 4.09. The van der Waals surface area contributed by atoms with Gasteiger partial charge in [0.1, 0.15) is 5.75 Å². The fourth-order valence-electron chi connectivity index (χ4n) is 3.02. The van der Waals surface area contributed by atoms with Gasteiger partial charge < -0.3 is 15.0 Å². The van der Waals surface area contributed by atoms with E-state index >= 15 is 0 Å². The Balaban J connectivity index is 2.02. The van der Waals surface area contributed by atoms with Crippen LogP contribution in [0.25, 0.3) is 0 Å². The zero-order valence-corrected chi connectivity index (χ0v) is 12.6. The van der Waals surface area contributed by atoms with Crippen LogP contribution in [0.15, 0.2) is 12.1 Å². The van der Waals surface area contributed by atoms with Crippen LogP contribution >= 0.6 is 0 Å². The summed E-state index contributed by atoms with van der Waals surface area (Å²) in [5, 5.41) is 3.43. The van der Waals surface area contributed by atoms with Gasteiger partial charge in [0.25, 0.3) is 0 Å². The van der Waals surface area contributed by atoms with Gasteiger partial charge in [-0.1, -0.05) is 17.7 Å². The molecule has 0 amide bonds. The number of ether oxygens (including phenoxy) is 1. The Kier molecular flexibility index (Phi) is 4.83. The van der Waals surface area contributed by atoms with E-state index in [4.69, 9.17) is 4.74 Å². The van der Waals surface area contributed by atoms with Gasteiger partial charge in [0, 0.05) is 19.1 Å². The van der Waals surface area contributed by atoms with Gasteiger partial charge >= 0.3 is 0 Å². The molecule has 0 saturated carbocycles. The largest absolute Gasteiger partial charge is 0.496 e. The number of rotatable bonds is 5. The predicted octanol–water partition coefficient (Wildman–Crippen LogP) is 2.15. The number of aryl methyl sites for hydroxylation is 2. The van der Waals surface area contributed by atoms with E-state index in [0.29, 0.717) is 6.04 Å². The lowest BCUT2D eigenvalue weighted by Crippen LogP contribution is -2.34. The summed E-state index contributed by atoms with van der Waals surface area (Å²) in [6.45, 7) is 7.65. The summed E-state index contributed by atoms with van der Waals surface area (Å²) in [6, 6.07) is 5.14. The molecule has 106 valence electrons. The Morgan fingerprint density at radius 2 is 2.16 bits per heavy atom. The first-order chi connectivity index (χ1) is 9.11. The average Bonchev–Trinajstić information content (AvgIpc) is 2.89. The summed E-state index contributed by atoms with van der Waals surface area (Å²) in [6.07, 6.45) is 2.32. The number of nitrogens with zero attached hydrogens (tertiary/aromatic N) is 1. The molecular formula is C16H26N2O. The normalized spacial score (nSPS) is 19.1. The van der Waals surface area contributed by atoms with Crippen LogP contribution < -0.4 is 10.1 Å². The summed E-state index contributed by atoms with van der Waals surface area (Å²) in [4.78, 5) is 2.47. The molecule has 1 aromatic carbocycles. The van der Waals surface area contributed by atoms with Crippen molar-refractivity contribution in [2.75, 3.05) is 33.8 Å². The maximum Gasteiger partial charge on any atom is 0.125 e. The topological polar surface area (TPSA) is 24.5 Å². The third-order valence-electron chi connectivity index (χ3n) is 4.09. The number of nitrogens with one attached hydrogen (secondary N) is 1. The molecule has 1 atom stereocenters. The Hall–Kier alpha value is -1.06. The van der Waals surface area contributed by atoms with Crippen LogP contribution in [-0.2, 0) is 6.42 Å². The molecule has 1 aromatic rings. The molecule has 0 spiro atoms. The second-order valence-electron chi connectivity index (χ2n) is 5.65. The smallest absolute Gasteiger partial charge is 0.125 e. The van der Waals surface area contributed by atoms with E-state index in [-0.39, 0.29) is 0 Å². The lowest BCUT2D eigenvalue weighted by atomic mass is 10.0. The van der Waals surface area contributed by atoms with Crippen molar-refractivity contribution in [3.8, 4) is 5.75 Å². The van der Waals surface area contributed by atoms with E-state index in [1.807, 2.05) is 0 Å². The zero-order valence-electron chi connectivity index (χ0n) is 12.6. The first-order valence-electron chi connectivity index (χ1n) is 7.17. The molecule has 1 aliphatic rings. The summed E-state index contributed by atoms with van der Waals surface area (Å²) >= 11 is 0. The van der Waals surface area contributed by atoms with Crippen LogP contribution in [0, 0.1) is 13.8 Å². The number of hydrogen-bond acceptors (Lipinski definition) is 3. The lowest BCUT2D eigenvalue weighted by Gasteiger charge is -2.24. The molecule has 1 unspecified atom stereocenters. The highest BCUT2D eigenvalue weighted by Crippen LogP contribution is 2.25. The highest BCUT2D eigenvalue weighted by Gasteiger charge is 2.19. The van der Waals surface area contributed by atoms with E-state index in [1.165, 1.54) is 23.1 Å². The average molecular weight is 262 g/mol. The van der Waals surface area contributed by atoms with Crippen molar-refractivity contribution in [2.45, 2.75) is 32.7 Å². The molecular weight excluding hydrogens is 236 g/mol. The van der Waals surface area contributed by atoms with Crippen LogP contribution in [0.4, 0.5) is 0 Å². The van der Waals surface area contributed by atoms with Gasteiger partial charge in [-0.05, 0) is 51.4 Å². The van der Waals surface area contributed by atoms with Crippen LogP contribution in [0.5, 0.6) is 5.75 Å². The molecule has 2 rings (SSSR count). The van der Waals surface area contributed by atoms with Crippen LogP contribution in [-0.4, -0.2) is 44.7 Å². The van der Waals surface area contributed by atoms with Crippen molar-refractivity contribution >= 4 is 0 Å². The fourth-order valence-corrected chi connectivity index (χ4v) is 3.02. The molecule has 19 heavy (non-hydrogen) atoms. The minimum absolute atomic E-state index is 0.692. The Bertz CT molecular complexity index is 425. The van der Waals surface area contributed by atoms with Crippen LogP contribution in [0.1, 0.15) is 23.1 Å². The zero-order chi connectivity index (χ0) is 13.8. The first-order valence-corrected chi connectivity index (χ1v) is 7.17. The van der Waals surface area contributed by atoms with Crippen LogP contribution in [0.3, 0.4) is 0 Å². The molecule has 1 heterocycles. The van der Waals surface area contributed by atoms with E-state index in [2.05, 4.69) is 43.2 Å². The standard InChI is InChI=1S/C16H26N2O/c1-12-9-13(2)16(19-4)14(10-12)6-8-18(3)15-5-7-17-11-15/h9-10,15,17H,5-8,11H2,1-4H3. The quantitative estimate of drug-likeness (QED) is 0.880. The van der Waals surface area contributed by atoms with Crippen molar-refractivity contribution in [3.63, 3.8) is 0 Å². The second kappa shape index (κ2) is 6.40. The van der Waals surface area contributed by atoms with Crippen LogP contribution in [0.2, 0.25) is 0 Å². The van der Waals surface area contributed by atoms with Crippen molar-refractivity contribution in [1.82, 2.24) is 10.2 Å². The number of methoxy groups -OCH3 is 1. The molecule has 1 N–H and O–H groups in total. The monoisotopic (exact) mass is 262 g/mol. The number of benzene rings is 1. The molecule has 0 aromatic heterocycles. The third kappa shape index (κ3) is 3.48. The van der Waals surface area contributed by atoms with Gasteiger partial charge in [-0.2, -0.15) is 0 Å². The molecule has 0 bridgehead atoms. The second-order valence-corrected chi connectivity index (χ2v) is 5.65. The summed E-state index contributed by atoms with van der Waals surface area (Å²) in [7, 11) is 4.00. The molecule has 3 heteroatoms. The van der Waals surface area contributed by atoms with E-state index in [0.717, 1.165) is 31.8 Å². The maximum atomic E-state index is 5.56. The molecule has 0 aliphatic carbocycles. The fraction of sp³-hybridized carbons (Fsp3) is 0.625. The van der Waals surface area contributed by atoms with E-state index < -0.39 is 0 Å². The maximum absolute atomic E-state index is 5.56.